The monoisotopic (exact) mass is 323 g/mol. The third kappa shape index (κ3) is 2.95. The minimum absolute atomic E-state index is 0.175. The zero-order valence-electron chi connectivity index (χ0n) is 9.54. The van der Waals surface area contributed by atoms with Crippen molar-refractivity contribution in [2.24, 2.45) is 5.73 Å². The molecule has 0 bridgehead atoms. The van der Waals surface area contributed by atoms with Gasteiger partial charge in [0.05, 0.1) is 10.0 Å². The molecule has 1 aromatic heterocycles. The molecular formula is C11H13BrF3N3. The van der Waals surface area contributed by atoms with Gasteiger partial charge in [-0.2, -0.15) is 13.2 Å². The van der Waals surface area contributed by atoms with Crippen LogP contribution in [0.5, 0.6) is 0 Å². The van der Waals surface area contributed by atoms with Gasteiger partial charge in [0.2, 0.25) is 0 Å². The van der Waals surface area contributed by atoms with Crippen LogP contribution in [0, 0.1) is 0 Å². The lowest BCUT2D eigenvalue weighted by Gasteiger charge is -2.31. The highest BCUT2D eigenvalue weighted by molar-refractivity contribution is 9.10. The normalized spacial score (nSPS) is 18.2. The zero-order valence-corrected chi connectivity index (χ0v) is 11.1. The molecule has 7 heteroatoms. The Balaban J connectivity index is 2.20. The molecule has 2 heterocycles. The predicted octanol–water partition coefficient (Wildman–Crippen LogP) is 2.79. The van der Waals surface area contributed by atoms with Crippen LogP contribution in [0.1, 0.15) is 18.4 Å². The van der Waals surface area contributed by atoms with Gasteiger partial charge in [0.1, 0.15) is 5.82 Å². The fourth-order valence-corrected chi connectivity index (χ4v) is 2.53. The Bertz CT molecular complexity index is 428. The van der Waals surface area contributed by atoms with Crippen LogP contribution >= 0.6 is 15.9 Å². The van der Waals surface area contributed by atoms with E-state index in [1.165, 1.54) is 0 Å². The van der Waals surface area contributed by atoms with E-state index in [9.17, 15) is 13.2 Å². The molecule has 0 saturated carbocycles. The first kappa shape index (κ1) is 13.6. The number of hydrogen-bond acceptors (Lipinski definition) is 3. The van der Waals surface area contributed by atoms with Crippen molar-refractivity contribution in [1.29, 1.82) is 0 Å². The SMILES string of the molecule is NC1CCN(c2ncc(C(F)(F)F)cc2Br)CC1. The summed E-state index contributed by atoms with van der Waals surface area (Å²) in [6.45, 7) is 1.44. The van der Waals surface area contributed by atoms with E-state index >= 15 is 0 Å². The van der Waals surface area contributed by atoms with Crippen molar-refractivity contribution < 1.29 is 13.2 Å². The van der Waals surface area contributed by atoms with Gasteiger partial charge in [-0.15, -0.1) is 0 Å². The molecule has 1 aliphatic heterocycles. The van der Waals surface area contributed by atoms with Crippen molar-refractivity contribution >= 4 is 21.7 Å². The molecule has 18 heavy (non-hydrogen) atoms. The second kappa shape index (κ2) is 5.05. The summed E-state index contributed by atoms with van der Waals surface area (Å²) in [5.41, 5.74) is 5.04. The highest BCUT2D eigenvalue weighted by atomic mass is 79.9. The molecule has 0 amide bonds. The summed E-state index contributed by atoms with van der Waals surface area (Å²) in [5.74, 6) is 0.551. The van der Waals surface area contributed by atoms with Crippen molar-refractivity contribution in [3.63, 3.8) is 0 Å². The molecule has 3 nitrogen and oxygen atoms in total. The summed E-state index contributed by atoms with van der Waals surface area (Å²) in [6.07, 6.45) is -1.84. The first-order valence-corrected chi connectivity index (χ1v) is 6.40. The standard InChI is InChI=1S/C11H13BrF3N3/c12-9-5-7(11(13,14)15)6-17-10(9)18-3-1-8(16)2-4-18/h5-6,8H,1-4,16H2. The van der Waals surface area contributed by atoms with Crippen LogP contribution < -0.4 is 10.6 Å². The Morgan fingerprint density at radius 2 is 1.94 bits per heavy atom. The lowest BCUT2D eigenvalue weighted by molar-refractivity contribution is -0.137. The third-order valence-electron chi connectivity index (χ3n) is 2.99. The molecule has 0 aliphatic carbocycles. The number of nitrogens with zero attached hydrogens (tertiary/aromatic N) is 2. The lowest BCUT2D eigenvalue weighted by atomic mass is 10.1. The Hall–Kier alpha value is -0.820. The van der Waals surface area contributed by atoms with E-state index in [0.29, 0.717) is 10.3 Å². The van der Waals surface area contributed by atoms with Gasteiger partial charge in [0.15, 0.2) is 0 Å². The van der Waals surface area contributed by atoms with Crippen molar-refractivity contribution in [1.82, 2.24) is 4.98 Å². The molecule has 0 atom stereocenters. The smallest absolute Gasteiger partial charge is 0.356 e. The van der Waals surface area contributed by atoms with Crippen LogP contribution in [0.3, 0.4) is 0 Å². The van der Waals surface area contributed by atoms with Crippen LogP contribution in [0.25, 0.3) is 0 Å². The first-order valence-electron chi connectivity index (χ1n) is 5.61. The van der Waals surface area contributed by atoms with Crippen molar-refractivity contribution in [3.05, 3.63) is 22.3 Å². The Labute approximate surface area is 111 Å². The van der Waals surface area contributed by atoms with Gasteiger partial charge >= 0.3 is 6.18 Å². The summed E-state index contributed by atoms with van der Waals surface area (Å²) in [4.78, 5) is 5.86. The number of pyridine rings is 1. The van der Waals surface area contributed by atoms with Crippen LogP contribution in [0.2, 0.25) is 0 Å². The number of anilines is 1. The summed E-state index contributed by atoms with van der Waals surface area (Å²) in [6, 6.07) is 1.24. The highest BCUT2D eigenvalue weighted by Gasteiger charge is 2.32. The molecular weight excluding hydrogens is 311 g/mol. The number of alkyl halides is 3. The van der Waals surface area contributed by atoms with E-state index in [-0.39, 0.29) is 6.04 Å². The maximum Gasteiger partial charge on any atom is 0.417 e. The summed E-state index contributed by atoms with van der Waals surface area (Å²) >= 11 is 3.15. The van der Waals surface area contributed by atoms with Gasteiger partial charge in [0, 0.05) is 25.3 Å². The fourth-order valence-electron chi connectivity index (χ4n) is 1.93. The number of rotatable bonds is 1. The van der Waals surface area contributed by atoms with Crippen molar-refractivity contribution in [3.8, 4) is 0 Å². The second-order valence-corrected chi connectivity index (χ2v) is 5.21. The molecule has 0 unspecified atom stereocenters. The molecule has 1 aliphatic rings. The van der Waals surface area contributed by atoms with E-state index < -0.39 is 11.7 Å². The highest BCUT2D eigenvalue weighted by Crippen LogP contribution is 2.34. The average molecular weight is 324 g/mol. The van der Waals surface area contributed by atoms with Gasteiger partial charge in [-0.1, -0.05) is 0 Å². The molecule has 1 saturated heterocycles. The van der Waals surface area contributed by atoms with Gasteiger partial charge < -0.3 is 10.6 Å². The molecule has 1 aromatic rings. The van der Waals surface area contributed by atoms with E-state index in [1.54, 1.807) is 0 Å². The van der Waals surface area contributed by atoms with E-state index in [2.05, 4.69) is 20.9 Å². The number of nitrogens with two attached hydrogens (primary N) is 1. The Kier molecular flexibility index (Phi) is 3.82. The summed E-state index contributed by atoms with van der Waals surface area (Å²) in [7, 11) is 0. The quantitative estimate of drug-likeness (QED) is 0.864. The largest absolute Gasteiger partial charge is 0.417 e. The fraction of sp³-hybridized carbons (Fsp3) is 0.545. The van der Waals surface area contributed by atoms with Gasteiger partial charge in [-0.05, 0) is 34.8 Å². The van der Waals surface area contributed by atoms with Gasteiger partial charge in [-0.25, -0.2) is 4.98 Å². The minimum atomic E-state index is -4.36. The predicted molar refractivity (Wildman–Crippen MR) is 66.4 cm³/mol. The average Bonchev–Trinajstić information content (AvgIpc) is 2.29. The first-order chi connectivity index (χ1) is 8.38. The zero-order chi connectivity index (χ0) is 13.3. The van der Waals surface area contributed by atoms with Gasteiger partial charge in [0.25, 0.3) is 0 Å². The minimum Gasteiger partial charge on any atom is -0.356 e. The number of piperidine rings is 1. The molecule has 0 aromatic carbocycles. The molecule has 2 rings (SSSR count). The third-order valence-corrected chi connectivity index (χ3v) is 3.57. The molecule has 2 N–H and O–H groups in total. The lowest BCUT2D eigenvalue weighted by Crippen LogP contribution is -2.40. The van der Waals surface area contributed by atoms with Crippen LogP contribution in [0.15, 0.2) is 16.7 Å². The van der Waals surface area contributed by atoms with E-state index in [0.717, 1.165) is 38.2 Å². The maximum absolute atomic E-state index is 12.5. The number of hydrogen-bond donors (Lipinski definition) is 1. The van der Waals surface area contributed by atoms with Crippen molar-refractivity contribution in [2.75, 3.05) is 18.0 Å². The number of halogens is 4. The second-order valence-electron chi connectivity index (χ2n) is 4.35. The molecule has 0 spiro atoms. The molecule has 0 radical (unpaired) electrons. The Morgan fingerprint density at radius 1 is 1.33 bits per heavy atom. The van der Waals surface area contributed by atoms with Crippen LogP contribution in [0.4, 0.5) is 19.0 Å². The van der Waals surface area contributed by atoms with Crippen LogP contribution in [-0.2, 0) is 6.18 Å². The van der Waals surface area contributed by atoms with Crippen LogP contribution in [-0.4, -0.2) is 24.1 Å². The van der Waals surface area contributed by atoms with Gasteiger partial charge in [-0.3, -0.25) is 0 Å². The molecule has 1 fully saturated rings. The maximum atomic E-state index is 12.5. The molecule has 100 valence electrons. The summed E-state index contributed by atoms with van der Waals surface area (Å²) in [5, 5.41) is 0. The Morgan fingerprint density at radius 3 is 2.44 bits per heavy atom. The van der Waals surface area contributed by atoms with E-state index in [1.807, 2.05) is 4.90 Å². The van der Waals surface area contributed by atoms with E-state index in [4.69, 9.17) is 5.73 Å². The topological polar surface area (TPSA) is 42.1 Å². The van der Waals surface area contributed by atoms with Crippen molar-refractivity contribution in [2.45, 2.75) is 25.1 Å². The number of aromatic nitrogens is 1. The summed E-state index contributed by atoms with van der Waals surface area (Å²) < 4.78 is 37.9.